The monoisotopic (exact) mass is 786 g/mol. The van der Waals surface area contributed by atoms with E-state index in [9.17, 15) is 19.4 Å². The SMILES string of the molecule is CCCCCCCC/C=C\CCCCCCCCCC(=O)NC(COP(=O)(O)OCC[N+](C)(C)C)C(O)/C=C/CCCCCCCCCCCCCCC. The first kappa shape index (κ1) is 53.0. The number of unbranched alkanes of at least 4 members (excludes halogenated alkanes) is 26. The summed E-state index contributed by atoms with van der Waals surface area (Å²) in [4.78, 5) is 23.1. The Labute approximate surface area is 334 Å². The van der Waals surface area contributed by atoms with Crippen molar-refractivity contribution in [2.45, 2.75) is 219 Å². The van der Waals surface area contributed by atoms with Crippen molar-refractivity contribution in [3.8, 4) is 0 Å². The molecule has 0 fully saturated rings. The van der Waals surface area contributed by atoms with Crippen LogP contribution in [0.25, 0.3) is 0 Å². The van der Waals surface area contributed by atoms with Crippen LogP contribution in [-0.4, -0.2) is 73.4 Å². The van der Waals surface area contributed by atoms with Crippen molar-refractivity contribution in [3.05, 3.63) is 24.3 Å². The highest BCUT2D eigenvalue weighted by molar-refractivity contribution is 7.47. The Bertz CT molecular complexity index is 938. The standard InChI is InChI=1S/C45H89N2O6P/c1-6-8-10-12-14-16-18-20-22-23-25-27-29-31-33-35-37-39-45(49)46-43(42-53-54(50,51)52-41-40-47(3,4)5)44(48)38-36-34-32-30-28-26-24-21-19-17-15-13-11-9-7-2/h20,22,36,38,43-44,48H,6-19,21,23-35,37,39-42H2,1-5H3,(H-,46,49,50,51)/p+1/b22-20-,38-36+. The Balaban J connectivity index is 4.41. The molecular formula is C45H90N2O6P+. The van der Waals surface area contributed by atoms with Crippen LogP contribution in [0.15, 0.2) is 24.3 Å². The highest BCUT2D eigenvalue weighted by Gasteiger charge is 2.27. The average molecular weight is 786 g/mol. The van der Waals surface area contributed by atoms with E-state index in [-0.39, 0.29) is 19.1 Å². The van der Waals surface area contributed by atoms with Gasteiger partial charge >= 0.3 is 7.82 Å². The molecule has 0 aliphatic carbocycles. The van der Waals surface area contributed by atoms with Crippen LogP contribution in [0.2, 0.25) is 0 Å². The van der Waals surface area contributed by atoms with E-state index in [4.69, 9.17) is 9.05 Å². The Kier molecular flexibility index (Phi) is 36.8. The number of quaternary nitrogens is 1. The van der Waals surface area contributed by atoms with Crippen molar-refractivity contribution in [1.82, 2.24) is 5.32 Å². The number of aliphatic hydroxyl groups excluding tert-OH is 1. The van der Waals surface area contributed by atoms with Gasteiger partial charge in [0.2, 0.25) is 5.91 Å². The quantitative estimate of drug-likeness (QED) is 0.0247. The first-order chi connectivity index (χ1) is 26.0. The summed E-state index contributed by atoms with van der Waals surface area (Å²) in [5.74, 6) is -0.181. The number of nitrogens with zero attached hydrogens (tertiary/aromatic N) is 1. The summed E-state index contributed by atoms with van der Waals surface area (Å²) in [6, 6.07) is -0.845. The van der Waals surface area contributed by atoms with Crippen LogP contribution in [0.4, 0.5) is 0 Å². The van der Waals surface area contributed by atoms with E-state index in [1.54, 1.807) is 6.08 Å². The summed E-state index contributed by atoms with van der Waals surface area (Å²) in [5, 5.41) is 13.8. The largest absolute Gasteiger partial charge is 0.472 e. The molecule has 54 heavy (non-hydrogen) atoms. The molecule has 8 nitrogen and oxygen atoms in total. The van der Waals surface area contributed by atoms with Gasteiger partial charge < -0.3 is 19.8 Å². The number of nitrogens with one attached hydrogen (secondary N) is 1. The lowest BCUT2D eigenvalue weighted by Gasteiger charge is -2.25. The maximum atomic E-state index is 12.9. The number of aliphatic hydroxyl groups is 1. The highest BCUT2D eigenvalue weighted by Crippen LogP contribution is 2.43. The second-order valence-corrected chi connectivity index (χ2v) is 18.2. The third-order valence-corrected chi connectivity index (χ3v) is 11.1. The van der Waals surface area contributed by atoms with Crippen molar-refractivity contribution >= 4 is 13.7 Å². The van der Waals surface area contributed by atoms with Crippen LogP contribution in [0.5, 0.6) is 0 Å². The number of carbonyl (C=O) groups excluding carboxylic acids is 1. The summed E-state index contributed by atoms with van der Waals surface area (Å²) in [7, 11) is 1.57. The van der Waals surface area contributed by atoms with Crippen molar-refractivity contribution in [1.29, 1.82) is 0 Å². The molecule has 0 heterocycles. The fourth-order valence-electron chi connectivity index (χ4n) is 6.51. The predicted molar refractivity (Wildman–Crippen MR) is 231 cm³/mol. The molecule has 0 aliphatic heterocycles. The number of allylic oxidation sites excluding steroid dienone is 3. The molecule has 0 aromatic carbocycles. The third kappa shape index (κ3) is 39.2. The second-order valence-electron chi connectivity index (χ2n) is 16.8. The summed E-state index contributed by atoms with van der Waals surface area (Å²) >= 11 is 0. The summed E-state index contributed by atoms with van der Waals surface area (Å²) < 4.78 is 23.6. The van der Waals surface area contributed by atoms with Gasteiger partial charge in [0, 0.05) is 6.42 Å². The van der Waals surface area contributed by atoms with E-state index in [2.05, 4.69) is 31.3 Å². The number of amides is 1. The minimum atomic E-state index is -4.33. The molecule has 0 saturated heterocycles. The zero-order valence-electron chi connectivity index (χ0n) is 36.2. The van der Waals surface area contributed by atoms with Crippen molar-refractivity contribution in [3.63, 3.8) is 0 Å². The number of hydrogen-bond donors (Lipinski definition) is 3. The van der Waals surface area contributed by atoms with E-state index in [0.717, 1.165) is 38.5 Å². The molecule has 0 saturated carbocycles. The van der Waals surface area contributed by atoms with Crippen LogP contribution in [0, 0.1) is 0 Å². The predicted octanol–water partition coefficient (Wildman–Crippen LogP) is 12.5. The molecule has 1 amide bonds. The Morgan fingerprint density at radius 1 is 0.611 bits per heavy atom. The van der Waals surface area contributed by atoms with E-state index in [1.165, 1.54) is 148 Å². The van der Waals surface area contributed by atoms with Crippen LogP contribution in [0.1, 0.15) is 206 Å². The number of hydrogen-bond acceptors (Lipinski definition) is 5. The van der Waals surface area contributed by atoms with Crippen LogP contribution >= 0.6 is 7.82 Å². The molecule has 0 spiro atoms. The molecule has 0 bridgehead atoms. The number of rotatable bonds is 41. The average Bonchev–Trinajstić information content (AvgIpc) is 3.12. The number of phosphoric ester groups is 1. The minimum Gasteiger partial charge on any atom is -0.387 e. The molecule has 0 aliphatic rings. The first-order valence-corrected chi connectivity index (χ1v) is 24.2. The summed E-state index contributed by atoms with van der Waals surface area (Å²) in [6.07, 6.45) is 43.8. The van der Waals surface area contributed by atoms with Gasteiger partial charge in [-0.05, 0) is 44.9 Å². The van der Waals surface area contributed by atoms with Gasteiger partial charge in [0.15, 0.2) is 0 Å². The van der Waals surface area contributed by atoms with Gasteiger partial charge in [0.1, 0.15) is 13.2 Å². The number of phosphoric acid groups is 1. The third-order valence-electron chi connectivity index (χ3n) is 10.2. The van der Waals surface area contributed by atoms with E-state index >= 15 is 0 Å². The fraction of sp³-hybridized carbons (Fsp3) is 0.889. The first-order valence-electron chi connectivity index (χ1n) is 22.7. The Hall–Kier alpha value is -1.02. The molecule has 9 heteroatoms. The fourth-order valence-corrected chi connectivity index (χ4v) is 7.24. The van der Waals surface area contributed by atoms with E-state index in [1.807, 2.05) is 27.2 Å². The van der Waals surface area contributed by atoms with Crippen molar-refractivity contribution in [2.24, 2.45) is 0 Å². The number of carbonyl (C=O) groups is 1. The molecule has 3 atom stereocenters. The van der Waals surface area contributed by atoms with Gasteiger partial charge in [-0.1, -0.05) is 179 Å². The van der Waals surface area contributed by atoms with Crippen LogP contribution in [-0.2, 0) is 18.4 Å². The lowest BCUT2D eigenvalue weighted by Crippen LogP contribution is -2.45. The molecule has 3 N–H and O–H groups in total. The molecule has 3 unspecified atom stereocenters. The maximum absolute atomic E-state index is 12.9. The Morgan fingerprint density at radius 2 is 1.00 bits per heavy atom. The lowest BCUT2D eigenvalue weighted by molar-refractivity contribution is -0.870. The Morgan fingerprint density at radius 3 is 1.43 bits per heavy atom. The summed E-state index contributed by atoms with van der Waals surface area (Å²) in [5.41, 5.74) is 0. The van der Waals surface area contributed by atoms with Crippen LogP contribution < -0.4 is 5.32 Å². The van der Waals surface area contributed by atoms with Gasteiger partial charge in [0.25, 0.3) is 0 Å². The van der Waals surface area contributed by atoms with E-state index in [0.29, 0.717) is 17.4 Å². The smallest absolute Gasteiger partial charge is 0.387 e. The van der Waals surface area contributed by atoms with Crippen molar-refractivity contribution < 1.29 is 32.9 Å². The number of likely N-dealkylation sites (N-methyl/N-ethyl adjacent to an activating group) is 1. The maximum Gasteiger partial charge on any atom is 0.472 e. The topological polar surface area (TPSA) is 105 Å². The normalized spacial score (nSPS) is 14.6. The molecule has 0 radical (unpaired) electrons. The zero-order chi connectivity index (χ0) is 40.0. The highest BCUT2D eigenvalue weighted by atomic mass is 31.2. The molecular weight excluding hydrogens is 695 g/mol. The van der Waals surface area contributed by atoms with Gasteiger partial charge in [-0.2, -0.15) is 0 Å². The second kappa shape index (κ2) is 37.6. The van der Waals surface area contributed by atoms with Gasteiger partial charge in [0.05, 0.1) is 39.9 Å². The summed E-state index contributed by atoms with van der Waals surface area (Å²) in [6.45, 7) is 4.81. The molecule has 0 rings (SSSR count). The molecule has 0 aromatic heterocycles. The van der Waals surface area contributed by atoms with Gasteiger partial charge in [-0.3, -0.25) is 13.8 Å². The van der Waals surface area contributed by atoms with Crippen molar-refractivity contribution in [2.75, 3.05) is 40.9 Å². The molecule has 0 aromatic rings. The van der Waals surface area contributed by atoms with Gasteiger partial charge in [-0.15, -0.1) is 0 Å². The zero-order valence-corrected chi connectivity index (χ0v) is 37.1. The lowest BCUT2D eigenvalue weighted by atomic mass is 10.0. The van der Waals surface area contributed by atoms with Gasteiger partial charge in [-0.25, -0.2) is 4.57 Å². The van der Waals surface area contributed by atoms with E-state index < -0.39 is 20.0 Å². The molecule has 320 valence electrons. The van der Waals surface area contributed by atoms with Crippen LogP contribution in [0.3, 0.4) is 0 Å². The minimum absolute atomic E-state index is 0.0617.